The van der Waals surface area contributed by atoms with Gasteiger partial charge in [-0.05, 0) is 54.4 Å². The van der Waals surface area contributed by atoms with Gasteiger partial charge in [0.1, 0.15) is 11.5 Å². The van der Waals surface area contributed by atoms with E-state index in [2.05, 4.69) is 20.0 Å². The van der Waals surface area contributed by atoms with Gasteiger partial charge >= 0.3 is 0 Å². The molecule has 0 spiro atoms. The van der Waals surface area contributed by atoms with Gasteiger partial charge in [-0.2, -0.15) is 0 Å². The Morgan fingerprint density at radius 2 is 2.16 bits per heavy atom. The highest BCUT2D eigenvalue weighted by Crippen LogP contribution is 2.30. The Bertz CT molecular complexity index is 936. The van der Waals surface area contributed by atoms with Crippen LogP contribution < -0.4 is 10.6 Å². The first-order valence-corrected chi connectivity index (χ1v) is 8.30. The molecule has 4 rings (SSSR count). The van der Waals surface area contributed by atoms with E-state index in [4.69, 9.17) is 5.73 Å². The SMILES string of the molecule is Nc1ccc(-c2nc3ccc(N4CCCC(O)C4)cc3[nH]2)cc1N=O. The van der Waals surface area contributed by atoms with Crippen LogP contribution in [0.2, 0.25) is 0 Å². The lowest BCUT2D eigenvalue weighted by Gasteiger charge is -2.31. The third-order valence-corrected chi connectivity index (χ3v) is 4.63. The number of rotatable bonds is 3. The Kier molecular flexibility index (Phi) is 3.85. The van der Waals surface area contributed by atoms with Gasteiger partial charge in [-0.15, -0.1) is 4.91 Å². The highest BCUT2D eigenvalue weighted by molar-refractivity contribution is 5.84. The Hall–Kier alpha value is -2.93. The van der Waals surface area contributed by atoms with E-state index in [1.165, 1.54) is 0 Å². The van der Waals surface area contributed by atoms with Gasteiger partial charge in [-0.1, -0.05) is 0 Å². The summed E-state index contributed by atoms with van der Waals surface area (Å²) < 4.78 is 0. The van der Waals surface area contributed by atoms with Crippen molar-refractivity contribution in [3.63, 3.8) is 0 Å². The summed E-state index contributed by atoms with van der Waals surface area (Å²) in [7, 11) is 0. The molecular weight excluding hydrogens is 318 g/mol. The molecule has 1 aromatic heterocycles. The quantitative estimate of drug-likeness (QED) is 0.502. The minimum absolute atomic E-state index is 0.209. The molecule has 7 nitrogen and oxygen atoms in total. The van der Waals surface area contributed by atoms with Crippen molar-refractivity contribution in [2.75, 3.05) is 23.7 Å². The lowest BCUT2D eigenvalue weighted by atomic mass is 10.1. The molecule has 1 aliphatic heterocycles. The number of nitrogens with zero attached hydrogens (tertiary/aromatic N) is 3. The minimum Gasteiger partial charge on any atom is -0.397 e. The van der Waals surface area contributed by atoms with E-state index in [9.17, 15) is 10.0 Å². The van der Waals surface area contributed by atoms with Gasteiger partial charge in [0.05, 0.1) is 22.8 Å². The number of nitroso groups, excluding NO2 is 1. The first kappa shape index (κ1) is 15.6. The smallest absolute Gasteiger partial charge is 0.138 e. The summed E-state index contributed by atoms with van der Waals surface area (Å²) in [4.78, 5) is 20.9. The van der Waals surface area contributed by atoms with Gasteiger partial charge in [-0.25, -0.2) is 4.98 Å². The predicted octanol–water partition coefficient (Wildman–Crippen LogP) is 3.17. The highest BCUT2D eigenvalue weighted by Gasteiger charge is 2.18. The van der Waals surface area contributed by atoms with Gasteiger partial charge in [-0.3, -0.25) is 0 Å². The topological polar surface area (TPSA) is 108 Å². The van der Waals surface area contributed by atoms with E-state index in [1.807, 2.05) is 24.3 Å². The number of nitrogen functional groups attached to an aromatic ring is 1. The average molecular weight is 337 g/mol. The summed E-state index contributed by atoms with van der Waals surface area (Å²) in [5, 5.41) is 12.8. The number of H-pyrrole nitrogens is 1. The molecule has 1 atom stereocenters. The van der Waals surface area contributed by atoms with Crippen LogP contribution in [0.25, 0.3) is 22.4 Å². The molecule has 3 aromatic rings. The molecule has 0 radical (unpaired) electrons. The Labute approximate surface area is 144 Å². The highest BCUT2D eigenvalue weighted by atomic mass is 16.3. The maximum Gasteiger partial charge on any atom is 0.138 e. The molecule has 2 heterocycles. The van der Waals surface area contributed by atoms with Gasteiger partial charge < -0.3 is 20.7 Å². The second kappa shape index (κ2) is 6.18. The summed E-state index contributed by atoms with van der Waals surface area (Å²) in [6, 6.07) is 11.1. The van der Waals surface area contributed by atoms with Crippen molar-refractivity contribution >= 4 is 28.1 Å². The summed E-state index contributed by atoms with van der Waals surface area (Å²) >= 11 is 0. The van der Waals surface area contributed by atoms with Crippen molar-refractivity contribution in [1.82, 2.24) is 9.97 Å². The number of fused-ring (bicyclic) bond motifs is 1. The molecule has 1 saturated heterocycles. The second-order valence-corrected chi connectivity index (χ2v) is 6.39. The summed E-state index contributed by atoms with van der Waals surface area (Å²) in [6.07, 6.45) is 1.57. The number of aliphatic hydroxyl groups excluding tert-OH is 1. The molecule has 0 amide bonds. The molecular formula is C18H19N5O2. The minimum atomic E-state index is -0.272. The summed E-state index contributed by atoms with van der Waals surface area (Å²) in [6.45, 7) is 1.59. The van der Waals surface area contributed by atoms with Crippen LogP contribution in [0.15, 0.2) is 41.6 Å². The summed E-state index contributed by atoms with van der Waals surface area (Å²) in [5.74, 6) is 0.663. The standard InChI is InChI=1S/C18H19N5O2/c19-14-5-3-11(8-16(14)22-25)18-20-15-6-4-12(9-17(15)21-18)23-7-1-2-13(24)10-23/h3-6,8-9,13,24H,1-2,7,10,19H2,(H,20,21). The number of aliphatic hydroxyl groups is 1. The molecule has 2 aromatic carbocycles. The first-order valence-electron chi connectivity index (χ1n) is 8.30. The zero-order chi connectivity index (χ0) is 17.4. The Morgan fingerprint density at radius 1 is 1.28 bits per heavy atom. The van der Waals surface area contributed by atoms with E-state index < -0.39 is 0 Å². The molecule has 0 bridgehead atoms. The van der Waals surface area contributed by atoms with Gasteiger partial charge in [0.15, 0.2) is 0 Å². The van der Waals surface area contributed by atoms with Crippen LogP contribution in [-0.4, -0.2) is 34.3 Å². The third kappa shape index (κ3) is 2.94. The number of β-amino-alcohol motifs (C(OH)–C–C–N with tert-alkyl or cyclic N) is 1. The zero-order valence-corrected chi connectivity index (χ0v) is 13.6. The average Bonchev–Trinajstić information content (AvgIpc) is 3.05. The monoisotopic (exact) mass is 337 g/mol. The fraction of sp³-hybridized carbons (Fsp3) is 0.278. The van der Waals surface area contributed by atoms with Crippen molar-refractivity contribution in [2.24, 2.45) is 5.18 Å². The fourth-order valence-corrected chi connectivity index (χ4v) is 3.29. The Balaban J connectivity index is 1.69. The van der Waals surface area contributed by atoms with Crippen LogP contribution in [-0.2, 0) is 0 Å². The van der Waals surface area contributed by atoms with Crippen LogP contribution in [0.5, 0.6) is 0 Å². The van der Waals surface area contributed by atoms with E-state index >= 15 is 0 Å². The number of hydrogen-bond donors (Lipinski definition) is 3. The van der Waals surface area contributed by atoms with Crippen molar-refractivity contribution in [2.45, 2.75) is 18.9 Å². The maximum atomic E-state index is 10.8. The molecule has 4 N–H and O–H groups in total. The van der Waals surface area contributed by atoms with Crippen LogP contribution in [0, 0.1) is 4.91 Å². The van der Waals surface area contributed by atoms with Crippen LogP contribution >= 0.6 is 0 Å². The first-order chi connectivity index (χ1) is 12.1. The zero-order valence-electron chi connectivity index (χ0n) is 13.6. The maximum absolute atomic E-state index is 10.8. The van der Waals surface area contributed by atoms with Crippen LogP contribution in [0.1, 0.15) is 12.8 Å². The molecule has 7 heteroatoms. The fourth-order valence-electron chi connectivity index (χ4n) is 3.29. The van der Waals surface area contributed by atoms with Crippen molar-refractivity contribution in [3.8, 4) is 11.4 Å². The third-order valence-electron chi connectivity index (χ3n) is 4.63. The molecule has 0 saturated carbocycles. The van der Waals surface area contributed by atoms with E-state index in [0.29, 0.717) is 18.1 Å². The molecule has 0 aliphatic carbocycles. The van der Waals surface area contributed by atoms with Crippen molar-refractivity contribution < 1.29 is 5.11 Å². The van der Waals surface area contributed by atoms with E-state index in [-0.39, 0.29) is 11.8 Å². The second-order valence-electron chi connectivity index (χ2n) is 6.39. The number of nitrogens with one attached hydrogen (secondary N) is 1. The van der Waals surface area contributed by atoms with Crippen molar-refractivity contribution in [1.29, 1.82) is 0 Å². The number of benzene rings is 2. The number of nitrogens with two attached hydrogens (primary N) is 1. The largest absolute Gasteiger partial charge is 0.397 e. The molecule has 1 unspecified atom stereocenters. The van der Waals surface area contributed by atoms with Gasteiger partial charge in [0.2, 0.25) is 0 Å². The number of anilines is 2. The molecule has 25 heavy (non-hydrogen) atoms. The number of aromatic amines is 1. The van der Waals surface area contributed by atoms with E-state index in [0.717, 1.165) is 41.7 Å². The lowest BCUT2D eigenvalue weighted by Crippen LogP contribution is -2.38. The predicted molar refractivity (Wildman–Crippen MR) is 98.9 cm³/mol. The van der Waals surface area contributed by atoms with Crippen LogP contribution in [0.3, 0.4) is 0 Å². The normalized spacial score (nSPS) is 17.8. The van der Waals surface area contributed by atoms with Crippen molar-refractivity contribution in [3.05, 3.63) is 41.3 Å². The number of piperidine rings is 1. The molecule has 128 valence electrons. The number of hydrogen-bond acceptors (Lipinski definition) is 6. The number of aromatic nitrogens is 2. The van der Waals surface area contributed by atoms with Gasteiger partial charge in [0, 0.05) is 24.3 Å². The number of imidazole rings is 1. The van der Waals surface area contributed by atoms with E-state index in [1.54, 1.807) is 12.1 Å². The van der Waals surface area contributed by atoms with Gasteiger partial charge in [0.25, 0.3) is 0 Å². The summed E-state index contributed by atoms with van der Waals surface area (Å²) in [5.41, 5.74) is 9.85. The molecule has 1 aliphatic rings. The lowest BCUT2D eigenvalue weighted by molar-refractivity contribution is 0.154. The van der Waals surface area contributed by atoms with Crippen LogP contribution in [0.4, 0.5) is 17.1 Å². The molecule has 1 fully saturated rings. The Morgan fingerprint density at radius 3 is 2.96 bits per heavy atom.